The zero-order valence-electron chi connectivity index (χ0n) is 12.8. The Kier molecular flexibility index (Phi) is 6.48. The summed E-state index contributed by atoms with van der Waals surface area (Å²) in [4.78, 5) is 17.9. The summed E-state index contributed by atoms with van der Waals surface area (Å²) in [6.07, 6.45) is 0.592. The number of carbonyl (C=O) groups is 1. The molecule has 0 spiro atoms. The molecule has 2 heterocycles. The smallest absolute Gasteiger partial charge is 0.224 e. The van der Waals surface area contributed by atoms with Crippen molar-refractivity contribution < 1.29 is 4.79 Å². The zero-order chi connectivity index (χ0) is 15.2. The molecule has 1 amide bonds. The maximum Gasteiger partial charge on any atom is 0.224 e. The molecule has 0 bridgehead atoms. The molecule has 2 rings (SSSR count). The van der Waals surface area contributed by atoms with E-state index in [1.165, 1.54) is 4.88 Å². The SMILES string of the molecule is CCNC(C)CC(=O)N1CCN(Cc2ccc(Cl)s2)CC1. The molecule has 1 aromatic heterocycles. The quantitative estimate of drug-likeness (QED) is 0.870. The highest BCUT2D eigenvalue weighted by atomic mass is 35.5. The number of piperazine rings is 1. The van der Waals surface area contributed by atoms with Crippen LogP contribution in [0.25, 0.3) is 0 Å². The van der Waals surface area contributed by atoms with Gasteiger partial charge in [-0.3, -0.25) is 9.69 Å². The van der Waals surface area contributed by atoms with Crippen molar-refractivity contribution in [1.82, 2.24) is 15.1 Å². The fourth-order valence-corrected chi connectivity index (χ4v) is 3.75. The summed E-state index contributed by atoms with van der Waals surface area (Å²) in [5.74, 6) is 0.266. The Morgan fingerprint density at radius 1 is 1.38 bits per heavy atom. The zero-order valence-corrected chi connectivity index (χ0v) is 14.3. The maximum atomic E-state index is 12.2. The molecule has 1 atom stereocenters. The van der Waals surface area contributed by atoms with Gasteiger partial charge in [-0.1, -0.05) is 18.5 Å². The minimum absolute atomic E-state index is 0.258. The molecule has 21 heavy (non-hydrogen) atoms. The van der Waals surface area contributed by atoms with Crippen LogP contribution in [0.2, 0.25) is 4.34 Å². The number of amides is 1. The average Bonchev–Trinajstić information content (AvgIpc) is 2.85. The third-order valence-electron chi connectivity index (χ3n) is 3.77. The molecule has 4 nitrogen and oxygen atoms in total. The summed E-state index contributed by atoms with van der Waals surface area (Å²) in [6.45, 7) is 9.52. The Labute approximate surface area is 136 Å². The second-order valence-electron chi connectivity index (χ2n) is 5.53. The van der Waals surface area contributed by atoms with E-state index >= 15 is 0 Å². The van der Waals surface area contributed by atoms with E-state index in [0.717, 1.165) is 43.6 Å². The van der Waals surface area contributed by atoms with Crippen LogP contribution in [0.1, 0.15) is 25.1 Å². The van der Waals surface area contributed by atoms with Gasteiger partial charge < -0.3 is 10.2 Å². The van der Waals surface area contributed by atoms with Crippen LogP contribution in [-0.2, 0) is 11.3 Å². The summed E-state index contributed by atoms with van der Waals surface area (Å²) in [6, 6.07) is 4.29. The second kappa shape index (κ2) is 8.13. The lowest BCUT2D eigenvalue weighted by atomic mass is 10.2. The van der Waals surface area contributed by atoms with E-state index in [-0.39, 0.29) is 11.9 Å². The molecule has 1 unspecified atom stereocenters. The summed E-state index contributed by atoms with van der Waals surface area (Å²) < 4.78 is 0.844. The molecule has 0 saturated carbocycles. The number of hydrogen-bond acceptors (Lipinski definition) is 4. The fourth-order valence-electron chi connectivity index (χ4n) is 2.62. The van der Waals surface area contributed by atoms with Crippen molar-refractivity contribution >= 4 is 28.8 Å². The van der Waals surface area contributed by atoms with Crippen LogP contribution in [0.15, 0.2) is 12.1 Å². The number of nitrogens with one attached hydrogen (secondary N) is 1. The lowest BCUT2D eigenvalue weighted by Gasteiger charge is -2.35. The minimum atomic E-state index is 0.258. The molecule has 1 N–H and O–H groups in total. The van der Waals surface area contributed by atoms with Gasteiger partial charge in [0.25, 0.3) is 0 Å². The van der Waals surface area contributed by atoms with E-state index in [9.17, 15) is 4.79 Å². The summed E-state index contributed by atoms with van der Waals surface area (Å²) in [7, 11) is 0. The number of halogens is 1. The standard InChI is InChI=1S/C15H24ClN3OS/c1-3-17-12(2)10-15(20)19-8-6-18(7-9-19)11-13-4-5-14(16)21-13/h4-5,12,17H,3,6-11H2,1-2H3. The predicted molar refractivity (Wildman–Crippen MR) is 88.9 cm³/mol. The van der Waals surface area contributed by atoms with Gasteiger partial charge in [-0.2, -0.15) is 0 Å². The van der Waals surface area contributed by atoms with Crippen LogP contribution in [0, 0.1) is 0 Å². The molecular weight excluding hydrogens is 306 g/mol. The van der Waals surface area contributed by atoms with Crippen LogP contribution in [0.5, 0.6) is 0 Å². The molecule has 118 valence electrons. The van der Waals surface area contributed by atoms with Gasteiger partial charge in [-0.15, -0.1) is 11.3 Å². The van der Waals surface area contributed by atoms with E-state index in [0.29, 0.717) is 6.42 Å². The highest BCUT2D eigenvalue weighted by Crippen LogP contribution is 2.23. The molecule has 0 aliphatic carbocycles. The van der Waals surface area contributed by atoms with Gasteiger partial charge in [0.1, 0.15) is 0 Å². The van der Waals surface area contributed by atoms with Crippen molar-refractivity contribution in [2.45, 2.75) is 32.9 Å². The Hall–Kier alpha value is -0.620. The first-order chi connectivity index (χ1) is 10.1. The van der Waals surface area contributed by atoms with Crippen molar-refractivity contribution in [2.75, 3.05) is 32.7 Å². The third kappa shape index (κ3) is 5.25. The number of nitrogens with zero attached hydrogens (tertiary/aromatic N) is 2. The van der Waals surface area contributed by atoms with Crippen LogP contribution in [-0.4, -0.2) is 54.5 Å². The second-order valence-corrected chi connectivity index (χ2v) is 7.33. The van der Waals surface area contributed by atoms with Gasteiger partial charge in [-0.05, 0) is 25.6 Å². The molecule has 1 aromatic rings. The first-order valence-corrected chi connectivity index (χ1v) is 8.75. The lowest BCUT2D eigenvalue weighted by molar-refractivity contribution is -0.133. The summed E-state index contributed by atoms with van der Waals surface area (Å²) >= 11 is 7.60. The summed E-state index contributed by atoms with van der Waals surface area (Å²) in [5.41, 5.74) is 0. The molecule has 1 saturated heterocycles. The molecular formula is C15H24ClN3OS. The molecule has 6 heteroatoms. The van der Waals surface area contributed by atoms with Crippen molar-refractivity contribution in [3.63, 3.8) is 0 Å². The molecule has 1 fully saturated rings. The Bertz CT molecular complexity index is 458. The van der Waals surface area contributed by atoms with Gasteiger partial charge in [0.05, 0.1) is 4.34 Å². The van der Waals surface area contributed by atoms with Crippen molar-refractivity contribution in [1.29, 1.82) is 0 Å². The normalized spacial score (nSPS) is 18.0. The van der Waals surface area contributed by atoms with Crippen LogP contribution in [0.3, 0.4) is 0 Å². The van der Waals surface area contributed by atoms with E-state index in [1.54, 1.807) is 11.3 Å². The lowest BCUT2D eigenvalue weighted by Crippen LogP contribution is -2.49. The van der Waals surface area contributed by atoms with E-state index in [2.05, 4.69) is 30.1 Å². The Balaban J connectivity index is 1.73. The van der Waals surface area contributed by atoms with E-state index in [4.69, 9.17) is 11.6 Å². The van der Waals surface area contributed by atoms with Gasteiger partial charge >= 0.3 is 0 Å². The van der Waals surface area contributed by atoms with Crippen molar-refractivity contribution in [2.24, 2.45) is 0 Å². The van der Waals surface area contributed by atoms with E-state index < -0.39 is 0 Å². The van der Waals surface area contributed by atoms with Crippen LogP contribution in [0.4, 0.5) is 0 Å². The van der Waals surface area contributed by atoms with Gasteiger partial charge in [0.2, 0.25) is 5.91 Å². The molecule has 1 aliphatic rings. The van der Waals surface area contributed by atoms with E-state index in [1.807, 2.05) is 11.0 Å². The van der Waals surface area contributed by atoms with Crippen LogP contribution < -0.4 is 5.32 Å². The van der Waals surface area contributed by atoms with Crippen molar-refractivity contribution in [3.05, 3.63) is 21.3 Å². The summed E-state index contributed by atoms with van der Waals surface area (Å²) in [5, 5.41) is 3.29. The maximum absolute atomic E-state index is 12.2. The van der Waals surface area contributed by atoms with Gasteiger partial charge in [0.15, 0.2) is 0 Å². The topological polar surface area (TPSA) is 35.6 Å². The number of rotatable bonds is 6. The number of thiophene rings is 1. The molecule has 0 radical (unpaired) electrons. The van der Waals surface area contributed by atoms with Crippen molar-refractivity contribution in [3.8, 4) is 0 Å². The van der Waals surface area contributed by atoms with Crippen LogP contribution >= 0.6 is 22.9 Å². The highest BCUT2D eigenvalue weighted by Gasteiger charge is 2.22. The number of carbonyl (C=O) groups excluding carboxylic acids is 1. The first-order valence-electron chi connectivity index (χ1n) is 7.56. The first kappa shape index (κ1) is 16.7. The fraction of sp³-hybridized carbons (Fsp3) is 0.667. The molecule has 0 aromatic carbocycles. The monoisotopic (exact) mass is 329 g/mol. The minimum Gasteiger partial charge on any atom is -0.340 e. The predicted octanol–water partition coefficient (Wildman–Crippen LogP) is 2.43. The average molecular weight is 330 g/mol. The highest BCUT2D eigenvalue weighted by molar-refractivity contribution is 7.16. The largest absolute Gasteiger partial charge is 0.340 e. The van der Waals surface area contributed by atoms with Gasteiger partial charge in [0, 0.05) is 50.1 Å². The third-order valence-corrected chi connectivity index (χ3v) is 4.98. The molecule has 1 aliphatic heterocycles. The Morgan fingerprint density at radius 2 is 2.10 bits per heavy atom. The van der Waals surface area contributed by atoms with Gasteiger partial charge in [-0.25, -0.2) is 0 Å². The number of hydrogen-bond donors (Lipinski definition) is 1. The Morgan fingerprint density at radius 3 is 2.67 bits per heavy atom.